The summed E-state index contributed by atoms with van der Waals surface area (Å²) in [6, 6.07) is 6.21. The third-order valence-electron chi connectivity index (χ3n) is 2.36. The first-order valence-corrected chi connectivity index (χ1v) is 5.18. The maximum atomic E-state index is 11.2. The van der Waals surface area contributed by atoms with Gasteiger partial charge in [-0.05, 0) is 24.6 Å². The van der Waals surface area contributed by atoms with Crippen molar-refractivity contribution in [1.29, 1.82) is 0 Å². The first kappa shape index (κ1) is 13.2. The van der Waals surface area contributed by atoms with Gasteiger partial charge in [-0.2, -0.15) is 0 Å². The number of hydrogen-bond donors (Lipinski definition) is 2. The summed E-state index contributed by atoms with van der Waals surface area (Å²) in [7, 11) is 1.33. The fourth-order valence-electron chi connectivity index (χ4n) is 1.23. The van der Waals surface area contributed by atoms with E-state index in [9.17, 15) is 9.59 Å². The smallest absolute Gasteiger partial charge is 0.337 e. The lowest BCUT2D eigenvalue weighted by atomic mass is 10.1. The Morgan fingerprint density at radius 3 is 2.41 bits per heavy atom. The monoisotopic (exact) mass is 237 g/mol. The molecule has 5 heteroatoms. The minimum absolute atomic E-state index is 0.386. The van der Waals surface area contributed by atoms with Crippen LogP contribution in [0.4, 0.5) is 0 Å². The van der Waals surface area contributed by atoms with Gasteiger partial charge >= 0.3 is 11.9 Å². The van der Waals surface area contributed by atoms with Crippen LogP contribution in [0.1, 0.15) is 22.8 Å². The van der Waals surface area contributed by atoms with E-state index in [4.69, 9.17) is 5.11 Å². The number of aliphatic carboxylic acids is 1. The second-order valence-corrected chi connectivity index (χ2v) is 3.63. The zero-order valence-corrected chi connectivity index (χ0v) is 9.77. The van der Waals surface area contributed by atoms with E-state index in [0.29, 0.717) is 12.1 Å². The van der Waals surface area contributed by atoms with E-state index < -0.39 is 12.0 Å². The second kappa shape index (κ2) is 6.00. The first-order chi connectivity index (χ1) is 8.04. The number of esters is 1. The standard InChI is InChI=1S/C12H15NO4/c1-8(11(14)15)13-7-9-3-5-10(6-4-9)12(16)17-2/h3-6,8,13H,7H2,1-2H3,(H,14,15). The van der Waals surface area contributed by atoms with E-state index in [1.165, 1.54) is 7.11 Å². The van der Waals surface area contributed by atoms with Gasteiger partial charge in [0, 0.05) is 6.54 Å². The summed E-state index contributed by atoms with van der Waals surface area (Å²) in [5.74, 6) is -1.28. The fraction of sp³-hybridized carbons (Fsp3) is 0.333. The van der Waals surface area contributed by atoms with Crippen molar-refractivity contribution in [3.63, 3.8) is 0 Å². The molecule has 1 aromatic rings. The Hall–Kier alpha value is -1.88. The molecule has 0 saturated heterocycles. The SMILES string of the molecule is COC(=O)c1ccc(CNC(C)C(=O)O)cc1. The van der Waals surface area contributed by atoms with Crippen LogP contribution < -0.4 is 5.32 Å². The van der Waals surface area contributed by atoms with Gasteiger partial charge in [-0.1, -0.05) is 12.1 Å². The van der Waals surface area contributed by atoms with E-state index in [0.717, 1.165) is 5.56 Å². The maximum Gasteiger partial charge on any atom is 0.337 e. The minimum Gasteiger partial charge on any atom is -0.480 e. The number of methoxy groups -OCH3 is 1. The van der Waals surface area contributed by atoms with Gasteiger partial charge in [0.25, 0.3) is 0 Å². The first-order valence-electron chi connectivity index (χ1n) is 5.18. The van der Waals surface area contributed by atoms with Crippen molar-refractivity contribution in [2.75, 3.05) is 7.11 Å². The molecule has 0 aliphatic carbocycles. The van der Waals surface area contributed by atoms with Crippen molar-refractivity contribution >= 4 is 11.9 Å². The van der Waals surface area contributed by atoms with Gasteiger partial charge in [0.2, 0.25) is 0 Å². The third-order valence-corrected chi connectivity index (χ3v) is 2.36. The molecule has 0 fully saturated rings. The number of nitrogens with one attached hydrogen (secondary N) is 1. The molecule has 0 spiro atoms. The number of carbonyl (C=O) groups is 2. The van der Waals surface area contributed by atoms with Crippen LogP contribution in [0.25, 0.3) is 0 Å². The Labute approximate surface area is 99.4 Å². The second-order valence-electron chi connectivity index (χ2n) is 3.63. The van der Waals surface area contributed by atoms with E-state index in [1.807, 2.05) is 0 Å². The average Bonchev–Trinajstić information content (AvgIpc) is 2.35. The molecule has 1 atom stereocenters. The molecule has 0 bridgehead atoms. The summed E-state index contributed by atoms with van der Waals surface area (Å²) in [4.78, 5) is 21.7. The molecule has 1 rings (SSSR count). The van der Waals surface area contributed by atoms with Gasteiger partial charge in [-0.25, -0.2) is 4.79 Å². The van der Waals surface area contributed by atoms with Crippen LogP contribution in [0.3, 0.4) is 0 Å². The maximum absolute atomic E-state index is 11.2. The van der Waals surface area contributed by atoms with Crippen molar-refractivity contribution in [2.45, 2.75) is 19.5 Å². The Balaban J connectivity index is 2.57. The molecule has 92 valence electrons. The molecule has 1 aromatic carbocycles. The highest BCUT2D eigenvalue weighted by atomic mass is 16.5. The zero-order valence-electron chi connectivity index (χ0n) is 9.77. The summed E-state index contributed by atoms with van der Waals surface area (Å²) in [6.07, 6.45) is 0. The number of carboxylic acid groups (broad SMARTS) is 1. The largest absolute Gasteiger partial charge is 0.480 e. The summed E-state index contributed by atoms with van der Waals surface area (Å²) >= 11 is 0. The van der Waals surface area contributed by atoms with Crippen molar-refractivity contribution < 1.29 is 19.4 Å². The van der Waals surface area contributed by atoms with Gasteiger partial charge in [0.1, 0.15) is 6.04 Å². The number of ether oxygens (including phenoxy) is 1. The number of benzene rings is 1. The molecular formula is C12H15NO4. The average molecular weight is 237 g/mol. The van der Waals surface area contributed by atoms with Crippen molar-refractivity contribution in [1.82, 2.24) is 5.32 Å². The van der Waals surface area contributed by atoms with Crippen molar-refractivity contribution in [3.8, 4) is 0 Å². The van der Waals surface area contributed by atoms with Gasteiger partial charge in [-0.15, -0.1) is 0 Å². The normalized spacial score (nSPS) is 11.9. The highest BCUT2D eigenvalue weighted by Crippen LogP contribution is 2.05. The molecular weight excluding hydrogens is 222 g/mol. The summed E-state index contributed by atoms with van der Waals surface area (Å²) in [5.41, 5.74) is 1.38. The Morgan fingerprint density at radius 2 is 1.94 bits per heavy atom. The molecule has 0 saturated carbocycles. The lowest BCUT2D eigenvalue weighted by molar-refractivity contribution is -0.139. The Kier molecular flexibility index (Phi) is 4.66. The molecule has 0 aliphatic heterocycles. The number of hydrogen-bond acceptors (Lipinski definition) is 4. The van der Waals surface area contributed by atoms with Crippen LogP contribution in [-0.4, -0.2) is 30.2 Å². The molecule has 17 heavy (non-hydrogen) atoms. The lowest BCUT2D eigenvalue weighted by Crippen LogP contribution is -2.33. The van der Waals surface area contributed by atoms with Crippen LogP contribution in [0.5, 0.6) is 0 Å². The van der Waals surface area contributed by atoms with E-state index >= 15 is 0 Å². The van der Waals surface area contributed by atoms with Crippen LogP contribution in [0, 0.1) is 0 Å². The molecule has 2 N–H and O–H groups in total. The van der Waals surface area contributed by atoms with E-state index in [2.05, 4.69) is 10.1 Å². The van der Waals surface area contributed by atoms with Crippen LogP contribution in [-0.2, 0) is 16.1 Å². The Bertz CT molecular complexity index is 399. The highest BCUT2D eigenvalue weighted by Gasteiger charge is 2.09. The Morgan fingerprint density at radius 1 is 1.35 bits per heavy atom. The van der Waals surface area contributed by atoms with Crippen LogP contribution in [0.15, 0.2) is 24.3 Å². The number of rotatable bonds is 5. The summed E-state index contributed by atoms with van der Waals surface area (Å²) in [5, 5.41) is 11.5. The fourth-order valence-corrected chi connectivity index (χ4v) is 1.23. The number of carboxylic acids is 1. The molecule has 5 nitrogen and oxygen atoms in total. The zero-order chi connectivity index (χ0) is 12.8. The minimum atomic E-state index is -0.892. The quantitative estimate of drug-likeness (QED) is 0.748. The molecule has 0 heterocycles. The van der Waals surface area contributed by atoms with E-state index in [-0.39, 0.29) is 5.97 Å². The summed E-state index contributed by atoms with van der Waals surface area (Å²) in [6.45, 7) is 2.01. The number of carbonyl (C=O) groups excluding carboxylic acids is 1. The molecule has 0 aromatic heterocycles. The van der Waals surface area contributed by atoms with Crippen molar-refractivity contribution in [3.05, 3.63) is 35.4 Å². The van der Waals surface area contributed by atoms with Gasteiger partial charge in [0.15, 0.2) is 0 Å². The molecule has 0 aliphatic rings. The predicted octanol–water partition coefficient (Wildman–Crippen LogP) is 1.04. The summed E-state index contributed by atoms with van der Waals surface area (Å²) < 4.78 is 4.57. The third kappa shape index (κ3) is 3.88. The molecule has 1 unspecified atom stereocenters. The van der Waals surface area contributed by atoms with Gasteiger partial charge in [0.05, 0.1) is 12.7 Å². The molecule has 0 amide bonds. The van der Waals surface area contributed by atoms with Gasteiger partial charge in [-0.3, -0.25) is 4.79 Å². The van der Waals surface area contributed by atoms with E-state index in [1.54, 1.807) is 31.2 Å². The topological polar surface area (TPSA) is 75.6 Å². The molecule has 0 radical (unpaired) electrons. The highest BCUT2D eigenvalue weighted by molar-refractivity contribution is 5.89. The van der Waals surface area contributed by atoms with Crippen molar-refractivity contribution in [2.24, 2.45) is 0 Å². The predicted molar refractivity (Wildman–Crippen MR) is 61.7 cm³/mol. The van der Waals surface area contributed by atoms with Gasteiger partial charge < -0.3 is 15.2 Å². The van der Waals surface area contributed by atoms with Crippen LogP contribution in [0.2, 0.25) is 0 Å². The van der Waals surface area contributed by atoms with Crippen LogP contribution >= 0.6 is 0 Å². The lowest BCUT2D eigenvalue weighted by Gasteiger charge is -2.09.